The summed E-state index contributed by atoms with van der Waals surface area (Å²) >= 11 is 1.44. The first-order valence-electron chi connectivity index (χ1n) is 6.76. The van der Waals surface area contributed by atoms with Gasteiger partial charge in [0, 0.05) is 19.3 Å². The molecule has 21 heavy (non-hydrogen) atoms. The van der Waals surface area contributed by atoms with Crippen molar-refractivity contribution in [2.75, 3.05) is 12.8 Å². The number of hydrogen-bond acceptors (Lipinski definition) is 2. The molecule has 0 aliphatic rings. The van der Waals surface area contributed by atoms with Crippen LogP contribution >= 0.6 is 11.8 Å². The molecule has 0 N–H and O–H groups in total. The van der Waals surface area contributed by atoms with Gasteiger partial charge in [0.25, 0.3) is 0 Å². The fraction of sp³-hybridized carbons (Fsp3) is 0.235. The third kappa shape index (κ3) is 4.90. The molecule has 0 heterocycles. The number of carbonyl (C=O) groups is 1. The molecule has 110 valence electrons. The van der Waals surface area contributed by atoms with Crippen LogP contribution in [0.5, 0.6) is 0 Å². The minimum absolute atomic E-state index is 0.0557. The minimum atomic E-state index is -0.213. The predicted molar refractivity (Wildman–Crippen MR) is 85.5 cm³/mol. The summed E-state index contributed by atoms with van der Waals surface area (Å²) in [6, 6.07) is 16.5. The van der Waals surface area contributed by atoms with Crippen molar-refractivity contribution >= 4 is 17.7 Å². The maximum absolute atomic E-state index is 13.5. The summed E-state index contributed by atoms with van der Waals surface area (Å²) in [6.07, 6.45) is 0. The smallest absolute Gasteiger partial charge is 0.232 e. The molecule has 2 nitrogen and oxygen atoms in total. The van der Waals surface area contributed by atoms with E-state index in [-0.39, 0.29) is 11.7 Å². The molecule has 0 bridgehead atoms. The lowest BCUT2D eigenvalue weighted by atomic mass is 10.2. The summed E-state index contributed by atoms with van der Waals surface area (Å²) in [6.45, 7) is 0.597. The molecule has 0 radical (unpaired) electrons. The maximum Gasteiger partial charge on any atom is 0.232 e. The number of nitrogens with zero attached hydrogens (tertiary/aromatic N) is 1. The molecule has 0 aliphatic heterocycles. The third-order valence-corrected chi connectivity index (χ3v) is 4.10. The highest BCUT2D eigenvalue weighted by Crippen LogP contribution is 2.16. The first-order valence-corrected chi connectivity index (χ1v) is 7.91. The van der Waals surface area contributed by atoms with Gasteiger partial charge in [-0.1, -0.05) is 48.5 Å². The molecule has 0 unspecified atom stereocenters. The van der Waals surface area contributed by atoms with Crippen LogP contribution in [0.3, 0.4) is 0 Å². The van der Waals surface area contributed by atoms with Crippen LogP contribution in [0.15, 0.2) is 54.6 Å². The van der Waals surface area contributed by atoms with Crippen LogP contribution in [-0.4, -0.2) is 23.6 Å². The van der Waals surface area contributed by atoms with E-state index >= 15 is 0 Å². The number of rotatable bonds is 6. The fourth-order valence-corrected chi connectivity index (χ4v) is 2.87. The summed E-state index contributed by atoms with van der Waals surface area (Å²) in [5.74, 6) is 0.713. The van der Waals surface area contributed by atoms with E-state index in [0.717, 1.165) is 5.56 Å². The second-order valence-corrected chi connectivity index (χ2v) is 5.81. The Morgan fingerprint density at radius 3 is 2.48 bits per heavy atom. The first kappa shape index (κ1) is 15.6. The predicted octanol–water partition coefficient (Wildman–Crippen LogP) is 3.72. The van der Waals surface area contributed by atoms with Gasteiger partial charge in [0.1, 0.15) is 5.82 Å². The number of carbonyl (C=O) groups excluding carboxylic acids is 1. The van der Waals surface area contributed by atoms with Crippen molar-refractivity contribution in [1.29, 1.82) is 0 Å². The second-order valence-electron chi connectivity index (χ2n) is 4.82. The molecule has 2 aromatic rings. The molecule has 0 atom stereocenters. The molecule has 0 spiro atoms. The molecule has 4 heteroatoms. The third-order valence-electron chi connectivity index (χ3n) is 3.13. The van der Waals surface area contributed by atoms with E-state index in [4.69, 9.17) is 0 Å². The average Bonchev–Trinajstić information content (AvgIpc) is 2.50. The number of hydrogen-bond donors (Lipinski definition) is 0. The summed E-state index contributed by atoms with van der Waals surface area (Å²) < 4.78 is 13.5. The number of benzene rings is 2. The molecule has 0 aromatic heterocycles. The first-order chi connectivity index (χ1) is 10.2. The van der Waals surface area contributed by atoms with Crippen molar-refractivity contribution < 1.29 is 9.18 Å². The van der Waals surface area contributed by atoms with E-state index in [9.17, 15) is 9.18 Å². The van der Waals surface area contributed by atoms with Gasteiger partial charge in [-0.25, -0.2) is 4.39 Å². The van der Waals surface area contributed by atoms with E-state index in [1.165, 1.54) is 17.8 Å². The van der Waals surface area contributed by atoms with Gasteiger partial charge < -0.3 is 4.90 Å². The Hall–Kier alpha value is -1.81. The van der Waals surface area contributed by atoms with Crippen LogP contribution in [0, 0.1) is 5.82 Å². The average molecular weight is 303 g/mol. The minimum Gasteiger partial charge on any atom is -0.341 e. The van der Waals surface area contributed by atoms with Crippen LogP contribution in [0.1, 0.15) is 11.1 Å². The zero-order valence-corrected chi connectivity index (χ0v) is 12.8. The highest BCUT2D eigenvalue weighted by atomic mass is 32.2. The van der Waals surface area contributed by atoms with Gasteiger partial charge in [-0.05, 0) is 17.2 Å². The monoisotopic (exact) mass is 303 g/mol. The lowest BCUT2D eigenvalue weighted by Crippen LogP contribution is -2.27. The van der Waals surface area contributed by atoms with E-state index in [1.54, 1.807) is 24.1 Å². The highest BCUT2D eigenvalue weighted by Gasteiger charge is 2.10. The van der Waals surface area contributed by atoms with Crippen LogP contribution in [0.4, 0.5) is 4.39 Å². The van der Waals surface area contributed by atoms with E-state index in [2.05, 4.69) is 0 Å². The fourth-order valence-electron chi connectivity index (χ4n) is 1.92. The van der Waals surface area contributed by atoms with Crippen LogP contribution in [0.25, 0.3) is 0 Å². The molecule has 0 saturated heterocycles. The Morgan fingerprint density at radius 2 is 1.76 bits per heavy atom. The Morgan fingerprint density at radius 1 is 1.10 bits per heavy atom. The molecular formula is C17H18FNOS. The molecular weight excluding hydrogens is 285 g/mol. The Bertz CT molecular complexity index is 588. The van der Waals surface area contributed by atoms with Crippen LogP contribution < -0.4 is 0 Å². The van der Waals surface area contributed by atoms with E-state index in [0.29, 0.717) is 23.6 Å². The van der Waals surface area contributed by atoms with Gasteiger partial charge in [0.05, 0.1) is 5.75 Å². The van der Waals surface area contributed by atoms with Gasteiger partial charge in [-0.2, -0.15) is 0 Å². The van der Waals surface area contributed by atoms with Crippen LogP contribution in [0.2, 0.25) is 0 Å². The number of amides is 1. The van der Waals surface area contributed by atoms with Crippen molar-refractivity contribution in [2.24, 2.45) is 0 Å². The summed E-state index contributed by atoms with van der Waals surface area (Å²) in [5.41, 5.74) is 1.74. The van der Waals surface area contributed by atoms with Crippen molar-refractivity contribution in [3.63, 3.8) is 0 Å². The van der Waals surface area contributed by atoms with Crippen molar-refractivity contribution in [3.8, 4) is 0 Å². The maximum atomic E-state index is 13.5. The quantitative estimate of drug-likeness (QED) is 0.810. The van der Waals surface area contributed by atoms with Gasteiger partial charge in [-0.3, -0.25) is 4.79 Å². The lowest BCUT2D eigenvalue weighted by Gasteiger charge is -2.17. The number of halogens is 1. The zero-order valence-electron chi connectivity index (χ0n) is 12.0. The van der Waals surface area contributed by atoms with Gasteiger partial charge in [0.2, 0.25) is 5.91 Å². The zero-order chi connectivity index (χ0) is 15.1. The van der Waals surface area contributed by atoms with Crippen LogP contribution in [-0.2, 0) is 17.1 Å². The van der Waals surface area contributed by atoms with E-state index < -0.39 is 0 Å². The standard InChI is InChI=1S/C17H18FNOS/c1-19(11-14-7-3-2-4-8-14)17(20)13-21-12-15-9-5-6-10-16(15)18/h2-10H,11-13H2,1H3. The van der Waals surface area contributed by atoms with Gasteiger partial charge in [-0.15, -0.1) is 11.8 Å². The Labute approximate surface area is 129 Å². The highest BCUT2D eigenvalue weighted by molar-refractivity contribution is 7.99. The SMILES string of the molecule is CN(Cc1ccccc1)C(=O)CSCc1ccccc1F. The lowest BCUT2D eigenvalue weighted by molar-refractivity contribution is -0.127. The van der Waals surface area contributed by atoms with Crippen molar-refractivity contribution in [3.05, 3.63) is 71.5 Å². The second kappa shape index (κ2) is 7.84. The van der Waals surface area contributed by atoms with Gasteiger partial charge >= 0.3 is 0 Å². The van der Waals surface area contributed by atoms with Crippen molar-refractivity contribution in [2.45, 2.75) is 12.3 Å². The molecule has 2 rings (SSSR count). The molecule has 0 fully saturated rings. The summed E-state index contributed by atoms with van der Waals surface area (Å²) in [5, 5.41) is 0. The molecule has 0 aliphatic carbocycles. The normalized spacial score (nSPS) is 10.4. The molecule has 2 aromatic carbocycles. The largest absolute Gasteiger partial charge is 0.341 e. The Balaban J connectivity index is 1.78. The van der Waals surface area contributed by atoms with Crippen molar-refractivity contribution in [1.82, 2.24) is 4.90 Å². The Kier molecular flexibility index (Phi) is 5.81. The number of thioether (sulfide) groups is 1. The molecule has 1 amide bonds. The molecule has 0 saturated carbocycles. The summed E-state index contributed by atoms with van der Waals surface area (Å²) in [4.78, 5) is 13.7. The summed E-state index contributed by atoms with van der Waals surface area (Å²) in [7, 11) is 1.79. The van der Waals surface area contributed by atoms with Gasteiger partial charge in [0.15, 0.2) is 0 Å². The van der Waals surface area contributed by atoms with E-state index in [1.807, 2.05) is 36.4 Å². The topological polar surface area (TPSA) is 20.3 Å².